The van der Waals surface area contributed by atoms with E-state index in [1.54, 1.807) is 0 Å². The molecule has 0 unspecified atom stereocenters. The normalized spacial score (nSPS) is 10.6. The van der Waals surface area contributed by atoms with Gasteiger partial charge in [-0.15, -0.1) is 0 Å². The van der Waals surface area contributed by atoms with Crippen molar-refractivity contribution in [2.24, 2.45) is 0 Å². The van der Waals surface area contributed by atoms with Crippen LogP contribution < -0.4 is 0 Å². The molecule has 0 saturated heterocycles. The number of halogens is 4. The van der Waals surface area contributed by atoms with Crippen LogP contribution in [0.4, 0.5) is 13.2 Å². The third-order valence-corrected chi connectivity index (χ3v) is 1.46. The van der Waals surface area contributed by atoms with Gasteiger partial charge in [0.25, 0.3) is 6.43 Å². The third-order valence-electron chi connectivity index (χ3n) is 1.00. The quantitative estimate of drug-likeness (QED) is 0.671. The molecule has 1 rings (SSSR count). The van der Waals surface area contributed by atoms with Crippen molar-refractivity contribution in [2.45, 2.75) is 6.43 Å². The van der Waals surface area contributed by atoms with Gasteiger partial charge in [-0.1, -0.05) is 15.9 Å². The maximum Gasteiger partial charge on any atom is 0.280 e. The van der Waals surface area contributed by atoms with E-state index < -0.39 is 18.1 Å². The second kappa shape index (κ2) is 3.21. The number of hydrogen-bond donors (Lipinski definition) is 0. The van der Waals surface area contributed by atoms with Crippen LogP contribution in [0.25, 0.3) is 0 Å². The summed E-state index contributed by atoms with van der Waals surface area (Å²) in [6, 6.07) is 2.10. The highest BCUT2D eigenvalue weighted by Gasteiger charge is 2.10. The first-order valence-electron chi connectivity index (χ1n) is 2.70. The summed E-state index contributed by atoms with van der Waals surface area (Å²) in [5, 5.41) is 0. The second-order valence-electron chi connectivity index (χ2n) is 1.83. The zero-order chi connectivity index (χ0) is 8.43. The second-order valence-corrected chi connectivity index (χ2v) is 2.75. The number of pyridine rings is 1. The number of alkyl halides is 2. The lowest BCUT2D eigenvalue weighted by molar-refractivity contribution is 0.144. The predicted octanol–water partition coefficient (Wildman–Crippen LogP) is 2.92. The van der Waals surface area contributed by atoms with E-state index >= 15 is 0 Å². The van der Waals surface area contributed by atoms with Gasteiger partial charge in [0.15, 0.2) is 0 Å². The first kappa shape index (κ1) is 8.52. The molecule has 0 aliphatic rings. The molecule has 0 aliphatic carbocycles. The Morgan fingerprint density at radius 3 is 2.45 bits per heavy atom. The van der Waals surface area contributed by atoms with Crippen LogP contribution in [0.1, 0.15) is 12.1 Å². The van der Waals surface area contributed by atoms with E-state index in [2.05, 4.69) is 20.9 Å². The van der Waals surface area contributed by atoms with Gasteiger partial charge >= 0.3 is 0 Å². The summed E-state index contributed by atoms with van der Waals surface area (Å²) in [5.74, 6) is -0.908. The Balaban J connectivity index is 3.08. The maximum atomic E-state index is 12.3. The van der Waals surface area contributed by atoms with Gasteiger partial charge in [0.2, 0.25) is 5.95 Å². The lowest BCUT2D eigenvalue weighted by Gasteiger charge is -1.98. The van der Waals surface area contributed by atoms with E-state index in [4.69, 9.17) is 0 Å². The zero-order valence-electron chi connectivity index (χ0n) is 5.19. The molecule has 0 spiro atoms. The molecule has 1 nitrogen and oxygen atoms in total. The molecule has 1 heterocycles. The smallest absolute Gasteiger partial charge is 0.219 e. The van der Waals surface area contributed by atoms with Crippen molar-refractivity contribution >= 4 is 15.9 Å². The third kappa shape index (κ3) is 2.18. The summed E-state index contributed by atoms with van der Waals surface area (Å²) in [6.07, 6.45) is -2.73. The fraction of sp³-hybridized carbons (Fsp3) is 0.167. The number of rotatable bonds is 1. The van der Waals surface area contributed by atoms with E-state index in [0.29, 0.717) is 0 Å². The summed E-state index contributed by atoms with van der Waals surface area (Å²) in [7, 11) is 0. The van der Waals surface area contributed by atoms with Gasteiger partial charge < -0.3 is 0 Å². The van der Waals surface area contributed by atoms with Crippen molar-refractivity contribution in [3.05, 3.63) is 28.2 Å². The molecule has 0 atom stereocenters. The molecule has 0 saturated carbocycles. The molecular formula is C6H3BrF3N. The molecule has 11 heavy (non-hydrogen) atoms. The molecular weight excluding hydrogens is 223 g/mol. The highest BCUT2D eigenvalue weighted by molar-refractivity contribution is 9.10. The van der Waals surface area contributed by atoms with Gasteiger partial charge in [0.1, 0.15) is 5.69 Å². The Hall–Kier alpha value is -0.580. The van der Waals surface area contributed by atoms with Crippen molar-refractivity contribution in [1.82, 2.24) is 4.98 Å². The van der Waals surface area contributed by atoms with Crippen LogP contribution in [0.15, 0.2) is 16.6 Å². The van der Waals surface area contributed by atoms with Crippen LogP contribution in [0.5, 0.6) is 0 Å². The van der Waals surface area contributed by atoms with Gasteiger partial charge in [-0.3, -0.25) is 0 Å². The first-order chi connectivity index (χ1) is 5.09. The van der Waals surface area contributed by atoms with Crippen LogP contribution in [0.2, 0.25) is 0 Å². The first-order valence-corrected chi connectivity index (χ1v) is 3.50. The summed E-state index contributed by atoms with van der Waals surface area (Å²) >= 11 is 2.87. The molecule has 0 aliphatic heterocycles. The van der Waals surface area contributed by atoms with Crippen LogP contribution in [0, 0.1) is 5.95 Å². The van der Waals surface area contributed by atoms with Crippen molar-refractivity contribution in [3.8, 4) is 0 Å². The highest BCUT2D eigenvalue weighted by atomic mass is 79.9. The van der Waals surface area contributed by atoms with E-state index in [1.165, 1.54) is 0 Å². The topological polar surface area (TPSA) is 12.9 Å². The molecule has 0 bridgehead atoms. The van der Waals surface area contributed by atoms with E-state index in [-0.39, 0.29) is 4.47 Å². The Labute approximate surface area is 69.4 Å². The van der Waals surface area contributed by atoms with Gasteiger partial charge in [-0.2, -0.15) is 4.39 Å². The van der Waals surface area contributed by atoms with Crippen molar-refractivity contribution < 1.29 is 13.2 Å². The Morgan fingerprint density at radius 1 is 1.36 bits per heavy atom. The minimum Gasteiger partial charge on any atom is -0.219 e. The Morgan fingerprint density at radius 2 is 2.00 bits per heavy atom. The molecule has 60 valence electrons. The van der Waals surface area contributed by atoms with Crippen LogP contribution >= 0.6 is 15.9 Å². The summed E-state index contributed by atoms with van der Waals surface area (Å²) in [4.78, 5) is 2.99. The summed E-state index contributed by atoms with van der Waals surface area (Å²) < 4.78 is 36.3. The molecule has 1 aromatic heterocycles. The number of hydrogen-bond acceptors (Lipinski definition) is 1. The average molecular weight is 226 g/mol. The molecule has 0 N–H and O–H groups in total. The summed E-state index contributed by atoms with van der Waals surface area (Å²) in [6.45, 7) is 0. The highest BCUT2D eigenvalue weighted by Crippen LogP contribution is 2.20. The molecule has 0 aromatic carbocycles. The lowest BCUT2D eigenvalue weighted by Crippen LogP contribution is -1.92. The standard InChI is InChI=1S/C6H3BrF3N/c7-3-1-4(6(9)10)11-5(8)2-3/h1-2,6H. The number of nitrogens with zero attached hydrogens (tertiary/aromatic N) is 1. The van der Waals surface area contributed by atoms with E-state index in [9.17, 15) is 13.2 Å². The fourth-order valence-corrected chi connectivity index (χ4v) is 1.02. The van der Waals surface area contributed by atoms with E-state index in [0.717, 1.165) is 12.1 Å². The van der Waals surface area contributed by atoms with Crippen molar-refractivity contribution in [1.29, 1.82) is 0 Å². The average Bonchev–Trinajstić information content (AvgIpc) is 1.85. The number of aromatic nitrogens is 1. The maximum absolute atomic E-state index is 12.3. The SMILES string of the molecule is Fc1cc(Br)cc(C(F)F)n1. The lowest BCUT2D eigenvalue weighted by atomic mass is 10.4. The largest absolute Gasteiger partial charge is 0.280 e. The van der Waals surface area contributed by atoms with Crippen molar-refractivity contribution in [2.75, 3.05) is 0 Å². The Bertz CT molecular complexity index is 244. The molecule has 5 heteroatoms. The molecule has 0 fully saturated rings. The van der Waals surface area contributed by atoms with Crippen LogP contribution in [-0.2, 0) is 0 Å². The molecule has 1 aromatic rings. The molecule has 0 amide bonds. The molecule has 0 radical (unpaired) electrons. The van der Waals surface area contributed by atoms with E-state index in [1.807, 2.05) is 0 Å². The van der Waals surface area contributed by atoms with Gasteiger partial charge in [0, 0.05) is 10.5 Å². The monoisotopic (exact) mass is 225 g/mol. The van der Waals surface area contributed by atoms with Gasteiger partial charge in [-0.05, 0) is 6.07 Å². The van der Waals surface area contributed by atoms with Crippen LogP contribution in [-0.4, -0.2) is 4.98 Å². The van der Waals surface area contributed by atoms with Crippen molar-refractivity contribution in [3.63, 3.8) is 0 Å². The minimum atomic E-state index is -2.73. The summed E-state index contributed by atoms with van der Waals surface area (Å²) in [5.41, 5.74) is -0.558. The Kier molecular flexibility index (Phi) is 2.49. The van der Waals surface area contributed by atoms with Gasteiger partial charge in [-0.25, -0.2) is 13.8 Å². The minimum absolute atomic E-state index is 0.264. The van der Waals surface area contributed by atoms with Gasteiger partial charge in [0.05, 0.1) is 0 Å². The predicted molar refractivity (Wildman–Crippen MR) is 36.9 cm³/mol. The van der Waals surface area contributed by atoms with Crippen LogP contribution in [0.3, 0.4) is 0 Å². The fourth-order valence-electron chi connectivity index (χ4n) is 0.596. The zero-order valence-corrected chi connectivity index (χ0v) is 6.78.